The number of aryl methyl sites for hydroxylation is 1. The van der Waals surface area contributed by atoms with Crippen molar-refractivity contribution in [1.82, 2.24) is 4.90 Å². The van der Waals surface area contributed by atoms with Crippen LogP contribution in [0.15, 0.2) is 17.1 Å². The van der Waals surface area contributed by atoms with E-state index in [9.17, 15) is 18.3 Å². The Morgan fingerprint density at radius 3 is 2.41 bits per heavy atom. The van der Waals surface area contributed by atoms with Gasteiger partial charge in [0.2, 0.25) is 5.60 Å². The smallest absolute Gasteiger partial charge is 0.423 e. The van der Waals surface area contributed by atoms with Gasteiger partial charge >= 0.3 is 6.18 Å². The quantitative estimate of drug-likeness (QED) is 0.377. The summed E-state index contributed by atoms with van der Waals surface area (Å²) in [6.07, 6.45) is -3.39. The normalized spacial score (nSPS) is 14.4. The molecule has 6 nitrogen and oxygen atoms in total. The van der Waals surface area contributed by atoms with Crippen molar-refractivity contribution in [2.75, 3.05) is 47.6 Å². The largest absolute Gasteiger partial charge is 0.496 e. The van der Waals surface area contributed by atoms with Gasteiger partial charge < -0.3 is 24.2 Å². The Morgan fingerprint density at radius 1 is 1.22 bits per heavy atom. The third-order valence-electron chi connectivity index (χ3n) is 4.07. The summed E-state index contributed by atoms with van der Waals surface area (Å²) in [4.78, 5) is 6.08. The first-order chi connectivity index (χ1) is 12.6. The predicted octanol–water partition coefficient (Wildman–Crippen LogP) is 3.03. The van der Waals surface area contributed by atoms with Crippen LogP contribution in [-0.4, -0.2) is 70.2 Å². The maximum Gasteiger partial charge on any atom is 0.423 e. The number of rotatable bonds is 10. The number of alkyl halides is 3. The number of benzene rings is 1. The molecule has 0 spiro atoms. The molecule has 1 rings (SSSR count). The number of nitrogens with zero attached hydrogens (tertiary/aromatic N) is 2. The van der Waals surface area contributed by atoms with Crippen LogP contribution in [-0.2, 0) is 15.1 Å². The van der Waals surface area contributed by atoms with E-state index in [4.69, 9.17) is 14.2 Å². The summed E-state index contributed by atoms with van der Waals surface area (Å²) < 4.78 is 55.9. The van der Waals surface area contributed by atoms with E-state index in [1.54, 1.807) is 13.3 Å². The molecule has 27 heavy (non-hydrogen) atoms. The van der Waals surface area contributed by atoms with E-state index in [1.807, 2.05) is 18.9 Å². The Hall–Kier alpha value is -1.84. The summed E-state index contributed by atoms with van der Waals surface area (Å²) in [5, 5.41) is 10.5. The predicted molar refractivity (Wildman–Crippen MR) is 96.8 cm³/mol. The van der Waals surface area contributed by atoms with Crippen LogP contribution in [0, 0.1) is 6.92 Å². The first-order valence-corrected chi connectivity index (χ1v) is 8.40. The van der Waals surface area contributed by atoms with Gasteiger partial charge in [-0.15, -0.1) is 0 Å². The van der Waals surface area contributed by atoms with E-state index in [-0.39, 0.29) is 19.0 Å². The molecular formula is C18H27F3N2O4. The molecule has 0 amide bonds. The lowest BCUT2D eigenvalue weighted by Crippen LogP contribution is -2.46. The van der Waals surface area contributed by atoms with Gasteiger partial charge in [-0.1, -0.05) is 0 Å². The van der Waals surface area contributed by atoms with Crippen LogP contribution in [0.2, 0.25) is 0 Å². The second kappa shape index (κ2) is 9.91. The summed E-state index contributed by atoms with van der Waals surface area (Å²) >= 11 is 0. The Bertz CT molecular complexity index is 638. The molecule has 0 heterocycles. The topological polar surface area (TPSA) is 63.5 Å². The number of aliphatic hydroxyl groups is 1. The van der Waals surface area contributed by atoms with Crippen molar-refractivity contribution in [3.8, 4) is 5.75 Å². The molecule has 1 unspecified atom stereocenters. The fourth-order valence-corrected chi connectivity index (χ4v) is 2.23. The van der Waals surface area contributed by atoms with Gasteiger partial charge in [-0.3, -0.25) is 0 Å². The molecule has 0 saturated carbocycles. The van der Waals surface area contributed by atoms with Crippen LogP contribution < -0.4 is 4.74 Å². The summed E-state index contributed by atoms with van der Waals surface area (Å²) in [7, 11) is 4.47. The molecule has 0 aliphatic rings. The van der Waals surface area contributed by atoms with E-state index in [0.29, 0.717) is 11.3 Å². The van der Waals surface area contributed by atoms with Gasteiger partial charge in [0.25, 0.3) is 0 Å². The zero-order valence-electron chi connectivity index (χ0n) is 16.3. The lowest BCUT2D eigenvalue weighted by molar-refractivity contribution is -0.282. The van der Waals surface area contributed by atoms with E-state index in [2.05, 4.69) is 4.99 Å². The molecule has 0 saturated heterocycles. The minimum Gasteiger partial charge on any atom is -0.496 e. The fraction of sp³-hybridized carbons (Fsp3) is 0.611. The van der Waals surface area contributed by atoms with Crippen molar-refractivity contribution in [2.45, 2.75) is 25.6 Å². The Morgan fingerprint density at radius 2 is 1.89 bits per heavy atom. The van der Waals surface area contributed by atoms with Crippen LogP contribution in [0.1, 0.15) is 18.1 Å². The maximum atomic E-state index is 13.7. The third kappa shape index (κ3) is 5.82. The average Bonchev–Trinajstić information content (AvgIpc) is 2.62. The van der Waals surface area contributed by atoms with E-state index in [1.165, 1.54) is 26.4 Å². The molecule has 154 valence electrons. The lowest BCUT2D eigenvalue weighted by Gasteiger charge is -2.32. The molecule has 9 heteroatoms. The Labute approximate surface area is 157 Å². The molecule has 0 radical (unpaired) electrons. The van der Waals surface area contributed by atoms with Crippen LogP contribution in [0.4, 0.5) is 18.9 Å². The second-order valence-electron chi connectivity index (χ2n) is 6.06. The number of methoxy groups -OCH3 is 2. The lowest BCUT2D eigenvalue weighted by atomic mass is 9.91. The SMILES string of the molecule is CCN(C)/C=N/c1cc(OC)c(C(O)(COCCOC)C(F)(F)F)cc1C. The molecule has 1 N–H and O–H groups in total. The standard InChI is InChI=1S/C18H27F3N2O4/c1-6-23(3)12-22-15-10-16(26-5)14(9-13(15)2)17(24,18(19,20)21)11-27-8-7-25-4/h9-10,12,24H,6-8,11H2,1-5H3/b22-12+. The van der Waals surface area contributed by atoms with Crippen molar-refractivity contribution in [3.63, 3.8) is 0 Å². The van der Waals surface area contributed by atoms with Gasteiger partial charge in [-0.05, 0) is 25.5 Å². The minimum absolute atomic E-state index is 0.0814. The van der Waals surface area contributed by atoms with Gasteiger partial charge in [-0.25, -0.2) is 4.99 Å². The van der Waals surface area contributed by atoms with Gasteiger partial charge in [0.15, 0.2) is 0 Å². The van der Waals surface area contributed by atoms with E-state index in [0.717, 1.165) is 6.54 Å². The highest BCUT2D eigenvalue weighted by atomic mass is 19.4. The number of hydrogen-bond acceptors (Lipinski definition) is 5. The van der Waals surface area contributed by atoms with Crippen molar-refractivity contribution >= 4 is 12.0 Å². The first kappa shape index (κ1) is 23.2. The number of ether oxygens (including phenoxy) is 3. The van der Waals surface area contributed by atoms with Crippen molar-refractivity contribution in [2.24, 2.45) is 4.99 Å². The van der Waals surface area contributed by atoms with Gasteiger partial charge in [0.05, 0.1) is 39.0 Å². The fourth-order valence-electron chi connectivity index (χ4n) is 2.23. The highest BCUT2D eigenvalue weighted by Gasteiger charge is 2.56. The summed E-state index contributed by atoms with van der Waals surface area (Å²) in [6.45, 7) is 3.34. The van der Waals surface area contributed by atoms with Gasteiger partial charge in [-0.2, -0.15) is 13.2 Å². The highest BCUT2D eigenvalue weighted by Crippen LogP contribution is 2.45. The Balaban J connectivity index is 3.33. The summed E-state index contributed by atoms with van der Waals surface area (Å²) in [5.74, 6) is -0.123. The van der Waals surface area contributed by atoms with Gasteiger partial charge in [0.1, 0.15) is 5.75 Å². The molecular weight excluding hydrogens is 365 g/mol. The van der Waals surface area contributed by atoms with Gasteiger partial charge in [0, 0.05) is 32.3 Å². The highest BCUT2D eigenvalue weighted by molar-refractivity contribution is 5.65. The first-order valence-electron chi connectivity index (χ1n) is 8.40. The van der Waals surface area contributed by atoms with Crippen molar-refractivity contribution in [3.05, 3.63) is 23.3 Å². The number of halogens is 3. The molecule has 1 atom stereocenters. The Kier molecular flexibility index (Phi) is 8.52. The molecule has 1 aromatic carbocycles. The molecule has 0 aliphatic carbocycles. The summed E-state index contributed by atoms with van der Waals surface area (Å²) in [5.41, 5.74) is -2.73. The summed E-state index contributed by atoms with van der Waals surface area (Å²) in [6, 6.07) is 2.60. The monoisotopic (exact) mass is 392 g/mol. The molecule has 0 bridgehead atoms. The van der Waals surface area contributed by atoms with Crippen molar-refractivity contribution in [1.29, 1.82) is 0 Å². The second-order valence-corrected chi connectivity index (χ2v) is 6.06. The van der Waals surface area contributed by atoms with Crippen molar-refractivity contribution < 1.29 is 32.5 Å². The number of hydrogen-bond donors (Lipinski definition) is 1. The molecule has 0 aromatic heterocycles. The zero-order chi connectivity index (χ0) is 20.7. The van der Waals surface area contributed by atoms with Crippen LogP contribution in [0.5, 0.6) is 5.75 Å². The van der Waals surface area contributed by atoms with Crippen LogP contribution in [0.3, 0.4) is 0 Å². The van der Waals surface area contributed by atoms with Crippen LogP contribution >= 0.6 is 0 Å². The zero-order valence-corrected chi connectivity index (χ0v) is 16.3. The molecule has 0 fully saturated rings. The third-order valence-corrected chi connectivity index (χ3v) is 4.07. The maximum absolute atomic E-state index is 13.7. The molecule has 1 aromatic rings. The average molecular weight is 392 g/mol. The van der Waals surface area contributed by atoms with Crippen LogP contribution in [0.25, 0.3) is 0 Å². The number of aliphatic imine (C=N–C) groups is 1. The van der Waals surface area contributed by atoms with E-state index >= 15 is 0 Å². The molecule has 0 aliphatic heterocycles. The minimum atomic E-state index is -4.97. The van der Waals surface area contributed by atoms with E-state index < -0.39 is 23.9 Å².